The van der Waals surface area contributed by atoms with Crippen LogP contribution in [0.4, 0.5) is 5.95 Å². The summed E-state index contributed by atoms with van der Waals surface area (Å²) in [5.41, 5.74) is 0. The Morgan fingerprint density at radius 2 is 1.88 bits per heavy atom. The maximum absolute atomic E-state index is 12.6. The van der Waals surface area contributed by atoms with Gasteiger partial charge < -0.3 is 10.1 Å². The van der Waals surface area contributed by atoms with Crippen LogP contribution in [0.1, 0.15) is 50.3 Å². The molecule has 1 aliphatic heterocycles. The molecule has 26 heavy (non-hydrogen) atoms. The van der Waals surface area contributed by atoms with Crippen molar-refractivity contribution in [2.75, 3.05) is 25.5 Å². The number of nitrogens with one attached hydrogen (secondary N) is 2. The van der Waals surface area contributed by atoms with Crippen LogP contribution in [0.25, 0.3) is 0 Å². The van der Waals surface area contributed by atoms with Crippen molar-refractivity contribution in [2.45, 2.75) is 44.4 Å². The molecule has 1 aliphatic carbocycles. The van der Waals surface area contributed by atoms with E-state index in [1.165, 1.54) is 7.11 Å². The summed E-state index contributed by atoms with van der Waals surface area (Å²) in [6, 6.07) is 0. The highest BCUT2D eigenvalue weighted by atomic mass is 35.5. The predicted octanol–water partition coefficient (Wildman–Crippen LogP) is 1.62. The smallest absolute Gasteiger partial charge is 0.308 e. The summed E-state index contributed by atoms with van der Waals surface area (Å²) in [7, 11) is 3.19. The van der Waals surface area contributed by atoms with Gasteiger partial charge in [0.25, 0.3) is 0 Å². The fourth-order valence-corrected chi connectivity index (χ4v) is 3.79. The predicted molar refractivity (Wildman–Crippen MR) is 99.2 cm³/mol. The number of methoxy groups -OCH3 is 1. The first kappa shape index (κ1) is 20.6. The second-order valence-electron chi connectivity index (χ2n) is 7.01. The normalized spacial score (nSPS) is 23.8. The number of nitrogens with zero attached hydrogens (tertiary/aromatic N) is 3. The van der Waals surface area contributed by atoms with Crippen LogP contribution in [0.5, 0.6) is 0 Å². The van der Waals surface area contributed by atoms with Crippen molar-refractivity contribution < 1.29 is 14.3 Å². The van der Waals surface area contributed by atoms with Gasteiger partial charge in [0.1, 0.15) is 0 Å². The van der Waals surface area contributed by atoms with E-state index in [1.54, 1.807) is 11.7 Å². The molecule has 2 N–H and O–H groups in total. The van der Waals surface area contributed by atoms with E-state index in [1.807, 2.05) is 0 Å². The Hall–Kier alpha value is -1.67. The van der Waals surface area contributed by atoms with E-state index >= 15 is 0 Å². The number of halogens is 1. The third kappa shape index (κ3) is 4.73. The Kier molecular flexibility index (Phi) is 7.40. The third-order valence-corrected chi connectivity index (χ3v) is 5.30. The Morgan fingerprint density at radius 1 is 1.19 bits per heavy atom. The van der Waals surface area contributed by atoms with Crippen molar-refractivity contribution in [3.05, 3.63) is 5.82 Å². The quantitative estimate of drug-likeness (QED) is 0.764. The highest BCUT2D eigenvalue weighted by molar-refractivity contribution is 5.91. The first-order valence-electron chi connectivity index (χ1n) is 9.08. The number of amides is 1. The number of carbonyl (C=O) groups excluding carboxylic acids is 2. The maximum Gasteiger partial charge on any atom is 0.308 e. The van der Waals surface area contributed by atoms with E-state index in [2.05, 4.69) is 20.7 Å². The molecule has 1 aromatic heterocycles. The van der Waals surface area contributed by atoms with Crippen molar-refractivity contribution in [1.82, 2.24) is 20.1 Å². The molecule has 9 heteroatoms. The molecule has 2 heterocycles. The molecule has 2 unspecified atom stereocenters. The second kappa shape index (κ2) is 9.32. The van der Waals surface area contributed by atoms with Gasteiger partial charge in [0.05, 0.1) is 13.0 Å². The number of aryl methyl sites for hydroxylation is 1. The fraction of sp³-hybridized carbons (Fsp3) is 0.765. The SMILES string of the molecule is COC(=O)C1CCCC(C(=O)Nc2nc(C3CCNCC3)nn2C)C1.Cl. The standard InChI is InChI=1S/C17H27N5O3.ClH/c1-22-17(19-14(21-22)11-6-8-18-9-7-11)20-15(23)12-4-3-5-13(10-12)16(24)25-2;/h11-13,18H,3-10H2,1-2H3,(H,19,20,21,23);1H. The van der Waals surface area contributed by atoms with E-state index < -0.39 is 0 Å². The van der Waals surface area contributed by atoms with E-state index in [-0.39, 0.29) is 36.1 Å². The second-order valence-corrected chi connectivity index (χ2v) is 7.01. The van der Waals surface area contributed by atoms with Crippen molar-refractivity contribution in [3.8, 4) is 0 Å². The Balaban J connectivity index is 0.00000243. The number of anilines is 1. The van der Waals surface area contributed by atoms with E-state index in [0.717, 1.165) is 51.0 Å². The molecule has 2 atom stereocenters. The van der Waals surface area contributed by atoms with E-state index in [9.17, 15) is 9.59 Å². The molecule has 1 aromatic rings. The van der Waals surface area contributed by atoms with Crippen LogP contribution in [0.2, 0.25) is 0 Å². The molecule has 2 fully saturated rings. The molecule has 146 valence electrons. The van der Waals surface area contributed by atoms with Gasteiger partial charge in [-0.1, -0.05) is 6.42 Å². The monoisotopic (exact) mass is 385 g/mol. The summed E-state index contributed by atoms with van der Waals surface area (Å²) < 4.78 is 6.46. The van der Waals surface area contributed by atoms with Crippen molar-refractivity contribution in [2.24, 2.45) is 18.9 Å². The van der Waals surface area contributed by atoms with Gasteiger partial charge in [-0.3, -0.25) is 14.9 Å². The average Bonchev–Trinajstić information content (AvgIpc) is 3.02. The van der Waals surface area contributed by atoms with Crippen LogP contribution in [-0.4, -0.2) is 46.8 Å². The van der Waals surface area contributed by atoms with E-state index in [0.29, 0.717) is 18.3 Å². The fourth-order valence-electron chi connectivity index (χ4n) is 3.79. The van der Waals surface area contributed by atoms with Crippen LogP contribution >= 0.6 is 12.4 Å². The summed E-state index contributed by atoms with van der Waals surface area (Å²) in [6.45, 7) is 1.95. The number of hydrogen-bond donors (Lipinski definition) is 2. The molecule has 2 aliphatic rings. The number of rotatable bonds is 4. The van der Waals surface area contributed by atoms with Gasteiger partial charge in [-0.25, -0.2) is 4.68 Å². The van der Waals surface area contributed by atoms with Gasteiger partial charge in [-0.05, 0) is 45.2 Å². The number of hydrogen-bond acceptors (Lipinski definition) is 6. The highest BCUT2D eigenvalue weighted by Gasteiger charge is 2.32. The molecule has 1 amide bonds. The van der Waals surface area contributed by atoms with Gasteiger partial charge in [-0.2, -0.15) is 10.1 Å². The highest BCUT2D eigenvalue weighted by Crippen LogP contribution is 2.31. The molecule has 3 rings (SSSR count). The van der Waals surface area contributed by atoms with Crippen LogP contribution < -0.4 is 10.6 Å². The number of carbonyl (C=O) groups is 2. The zero-order chi connectivity index (χ0) is 17.8. The Morgan fingerprint density at radius 3 is 2.58 bits per heavy atom. The summed E-state index contributed by atoms with van der Waals surface area (Å²) >= 11 is 0. The summed E-state index contributed by atoms with van der Waals surface area (Å²) in [5, 5.41) is 10.7. The van der Waals surface area contributed by atoms with Crippen LogP contribution in [0.15, 0.2) is 0 Å². The molecule has 0 spiro atoms. The maximum atomic E-state index is 12.6. The first-order valence-corrected chi connectivity index (χ1v) is 9.08. The number of aromatic nitrogens is 3. The average molecular weight is 386 g/mol. The lowest BCUT2D eigenvalue weighted by molar-refractivity contribution is -0.147. The first-order chi connectivity index (χ1) is 12.1. The molecular formula is C17H28ClN5O3. The molecular weight excluding hydrogens is 358 g/mol. The van der Waals surface area contributed by atoms with Gasteiger partial charge >= 0.3 is 5.97 Å². The minimum absolute atomic E-state index is 0. The lowest BCUT2D eigenvalue weighted by Crippen LogP contribution is -2.32. The van der Waals surface area contributed by atoms with Crippen molar-refractivity contribution in [3.63, 3.8) is 0 Å². The van der Waals surface area contributed by atoms with Crippen molar-refractivity contribution >= 4 is 30.2 Å². The third-order valence-electron chi connectivity index (χ3n) is 5.30. The van der Waals surface area contributed by atoms with Crippen molar-refractivity contribution in [1.29, 1.82) is 0 Å². The molecule has 1 saturated carbocycles. The minimum atomic E-state index is -0.218. The zero-order valence-corrected chi connectivity index (χ0v) is 16.2. The molecule has 0 bridgehead atoms. The topological polar surface area (TPSA) is 98.1 Å². The lowest BCUT2D eigenvalue weighted by Gasteiger charge is -2.26. The Bertz CT molecular complexity index is 630. The summed E-state index contributed by atoms with van der Waals surface area (Å²) in [4.78, 5) is 28.9. The van der Waals surface area contributed by atoms with Gasteiger partial charge in [0, 0.05) is 18.9 Å². The molecule has 1 saturated heterocycles. The largest absolute Gasteiger partial charge is 0.469 e. The number of ether oxygens (including phenoxy) is 1. The number of esters is 1. The Labute approximate surface area is 159 Å². The minimum Gasteiger partial charge on any atom is -0.469 e. The van der Waals surface area contributed by atoms with Gasteiger partial charge in [0.2, 0.25) is 11.9 Å². The molecule has 0 aromatic carbocycles. The summed E-state index contributed by atoms with van der Waals surface area (Å²) in [5.74, 6) is 0.965. The lowest BCUT2D eigenvalue weighted by atomic mass is 9.81. The van der Waals surface area contributed by atoms with Gasteiger partial charge in [0.15, 0.2) is 5.82 Å². The van der Waals surface area contributed by atoms with Crippen LogP contribution in [0, 0.1) is 11.8 Å². The van der Waals surface area contributed by atoms with Gasteiger partial charge in [-0.15, -0.1) is 12.4 Å². The van der Waals surface area contributed by atoms with Crippen LogP contribution in [-0.2, 0) is 21.4 Å². The number of piperidine rings is 1. The molecule has 0 radical (unpaired) electrons. The molecule has 8 nitrogen and oxygen atoms in total. The zero-order valence-electron chi connectivity index (χ0n) is 15.4. The summed E-state index contributed by atoms with van der Waals surface area (Å²) in [6.07, 6.45) is 5.01. The van der Waals surface area contributed by atoms with E-state index in [4.69, 9.17) is 4.74 Å². The van der Waals surface area contributed by atoms with Crippen LogP contribution in [0.3, 0.4) is 0 Å².